The molecule has 0 saturated carbocycles. The first kappa shape index (κ1) is 15.2. The molecular weight excluding hydrogens is 351 g/mol. The van der Waals surface area contributed by atoms with Crippen molar-refractivity contribution in [3.8, 4) is 0 Å². The monoisotopic (exact) mass is 366 g/mol. The van der Waals surface area contributed by atoms with Gasteiger partial charge < -0.3 is 10.6 Å². The lowest BCUT2D eigenvalue weighted by molar-refractivity contribution is 0.102. The number of nitrogens with one attached hydrogen (secondary N) is 2. The molecule has 2 aromatic rings. The molecule has 1 atom stereocenters. The van der Waals surface area contributed by atoms with Gasteiger partial charge in [0.05, 0.1) is 11.7 Å². The van der Waals surface area contributed by atoms with Gasteiger partial charge in [0.2, 0.25) is 0 Å². The van der Waals surface area contributed by atoms with E-state index in [-0.39, 0.29) is 17.4 Å². The van der Waals surface area contributed by atoms with Crippen molar-refractivity contribution >= 4 is 27.5 Å². The molecule has 1 aliphatic rings. The normalized spacial score (nSPS) is 18.2. The standard InChI is InChI=1S/C15H16BrFN4O/c16-10-3-4-12(17)14(8-10)19-15(22)13-5-7-21(20-13)11-2-1-6-18-9-11/h3-5,7-8,11,18H,1-2,6,9H2,(H,19,22). The molecule has 1 aromatic carbocycles. The molecule has 3 rings (SSSR count). The van der Waals surface area contributed by atoms with Crippen molar-refractivity contribution in [2.45, 2.75) is 18.9 Å². The van der Waals surface area contributed by atoms with Crippen LogP contribution >= 0.6 is 15.9 Å². The van der Waals surface area contributed by atoms with E-state index in [1.54, 1.807) is 23.0 Å². The summed E-state index contributed by atoms with van der Waals surface area (Å²) in [6.07, 6.45) is 3.93. The van der Waals surface area contributed by atoms with Gasteiger partial charge in [-0.1, -0.05) is 15.9 Å². The van der Waals surface area contributed by atoms with Gasteiger partial charge in [0.1, 0.15) is 5.82 Å². The molecule has 0 aliphatic carbocycles. The van der Waals surface area contributed by atoms with E-state index in [9.17, 15) is 9.18 Å². The summed E-state index contributed by atoms with van der Waals surface area (Å²) in [4.78, 5) is 12.2. The van der Waals surface area contributed by atoms with E-state index in [0.29, 0.717) is 4.47 Å². The van der Waals surface area contributed by atoms with Crippen molar-refractivity contribution in [1.29, 1.82) is 0 Å². The highest BCUT2D eigenvalue weighted by atomic mass is 79.9. The van der Waals surface area contributed by atoms with E-state index in [4.69, 9.17) is 0 Å². The first-order valence-electron chi connectivity index (χ1n) is 7.16. The fourth-order valence-corrected chi connectivity index (χ4v) is 2.86. The Morgan fingerprint density at radius 3 is 3.09 bits per heavy atom. The van der Waals surface area contributed by atoms with Crippen molar-refractivity contribution in [2.24, 2.45) is 0 Å². The quantitative estimate of drug-likeness (QED) is 0.877. The summed E-state index contributed by atoms with van der Waals surface area (Å²) in [6.45, 7) is 1.87. The molecular formula is C15H16BrFN4O. The van der Waals surface area contributed by atoms with Gasteiger partial charge in [0, 0.05) is 17.2 Å². The maximum absolute atomic E-state index is 13.7. The number of rotatable bonds is 3. The number of halogens is 2. The number of hydrogen-bond acceptors (Lipinski definition) is 3. The number of benzene rings is 1. The second-order valence-corrected chi connectivity index (χ2v) is 6.18. The summed E-state index contributed by atoms with van der Waals surface area (Å²) < 4.78 is 16.2. The lowest BCUT2D eigenvalue weighted by Gasteiger charge is -2.22. The zero-order valence-corrected chi connectivity index (χ0v) is 13.4. The topological polar surface area (TPSA) is 59.0 Å². The molecule has 0 bridgehead atoms. The minimum atomic E-state index is -0.479. The molecule has 1 aromatic heterocycles. The molecule has 116 valence electrons. The number of hydrogen-bond donors (Lipinski definition) is 2. The summed E-state index contributed by atoms with van der Waals surface area (Å²) in [5.41, 5.74) is 0.415. The minimum absolute atomic E-state index is 0.133. The molecule has 0 radical (unpaired) electrons. The lowest BCUT2D eigenvalue weighted by atomic mass is 10.1. The number of anilines is 1. The summed E-state index contributed by atoms with van der Waals surface area (Å²) in [5, 5.41) is 10.2. The average molecular weight is 367 g/mol. The Morgan fingerprint density at radius 2 is 2.32 bits per heavy atom. The van der Waals surface area contributed by atoms with Crippen LogP contribution in [0.25, 0.3) is 0 Å². The van der Waals surface area contributed by atoms with Gasteiger partial charge in [-0.25, -0.2) is 4.39 Å². The average Bonchev–Trinajstić information content (AvgIpc) is 3.02. The molecule has 2 N–H and O–H groups in total. The van der Waals surface area contributed by atoms with Crippen LogP contribution in [0.2, 0.25) is 0 Å². The molecule has 5 nitrogen and oxygen atoms in total. The molecule has 1 fully saturated rings. The largest absolute Gasteiger partial charge is 0.318 e. The number of carbonyl (C=O) groups is 1. The second-order valence-electron chi connectivity index (χ2n) is 5.26. The summed E-state index contributed by atoms with van der Waals surface area (Å²) in [6, 6.07) is 6.31. The zero-order valence-electron chi connectivity index (χ0n) is 11.9. The summed E-state index contributed by atoms with van der Waals surface area (Å²) in [7, 11) is 0. The van der Waals surface area contributed by atoms with Gasteiger partial charge in [0.25, 0.3) is 5.91 Å². The Hall–Kier alpha value is -1.73. The summed E-state index contributed by atoms with van der Waals surface area (Å²) >= 11 is 3.25. The van der Waals surface area contributed by atoms with Gasteiger partial charge in [-0.2, -0.15) is 5.10 Å². The predicted octanol–water partition coefficient (Wildman–Crippen LogP) is 2.96. The predicted molar refractivity (Wildman–Crippen MR) is 85.4 cm³/mol. The highest BCUT2D eigenvalue weighted by molar-refractivity contribution is 9.10. The number of amides is 1. The maximum Gasteiger partial charge on any atom is 0.276 e. The van der Waals surface area contributed by atoms with E-state index in [2.05, 4.69) is 31.7 Å². The van der Waals surface area contributed by atoms with Crippen molar-refractivity contribution in [2.75, 3.05) is 18.4 Å². The van der Waals surface area contributed by atoms with E-state index in [1.807, 2.05) is 0 Å². The first-order valence-corrected chi connectivity index (χ1v) is 7.95. The maximum atomic E-state index is 13.7. The number of carbonyl (C=O) groups excluding carboxylic acids is 1. The van der Waals surface area contributed by atoms with Crippen LogP contribution in [0.15, 0.2) is 34.9 Å². The third kappa shape index (κ3) is 3.36. The van der Waals surface area contributed by atoms with Crippen molar-refractivity contribution in [3.63, 3.8) is 0 Å². The first-order chi connectivity index (χ1) is 10.6. The second kappa shape index (κ2) is 6.58. The van der Waals surface area contributed by atoms with Crippen LogP contribution in [-0.2, 0) is 0 Å². The number of aromatic nitrogens is 2. The lowest BCUT2D eigenvalue weighted by Crippen LogP contribution is -2.32. The van der Waals surface area contributed by atoms with Crippen LogP contribution in [-0.4, -0.2) is 28.8 Å². The van der Waals surface area contributed by atoms with Crippen LogP contribution in [0.5, 0.6) is 0 Å². The Morgan fingerprint density at radius 1 is 1.45 bits per heavy atom. The highest BCUT2D eigenvalue weighted by Gasteiger charge is 2.18. The molecule has 1 saturated heterocycles. The van der Waals surface area contributed by atoms with Crippen LogP contribution in [0.1, 0.15) is 29.4 Å². The number of nitrogens with zero attached hydrogens (tertiary/aromatic N) is 2. The fraction of sp³-hybridized carbons (Fsp3) is 0.333. The van der Waals surface area contributed by atoms with Crippen LogP contribution in [0, 0.1) is 5.82 Å². The molecule has 0 spiro atoms. The fourth-order valence-electron chi connectivity index (χ4n) is 2.50. The van der Waals surface area contributed by atoms with Crippen LogP contribution in [0.4, 0.5) is 10.1 Å². The third-order valence-corrected chi connectivity index (χ3v) is 4.16. The Balaban J connectivity index is 1.72. The Kier molecular flexibility index (Phi) is 4.54. The summed E-state index contributed by atoms with van der Waals surface area (Å²) in [5.74, 6) is -0.896. The Labute approximate surface area is 136 Å². The SMILES string of the molecule is O=C(Nc1cc(Br)ccc1F)c1ccn(C2CCCNC2)n1. The van der Waals surface area contributed by atoms with E-state index in [0.717, 1.165) is 25.9 Å². The molecule has 1 aliphatic heterocycles. The smallest absolute Gasteiger partial charge is 0.276 e. The zero-order chi connectivity index (χ0) is 15.5. The third-order valence-electron chi connectivity index (χ3n) is 3.66. The van der Waals surface area contributed by atoms with Crippen LogP contribution < -0.4 is 10.6 Å². The molecule has 2 heterocycles. The Bertz CT molecular complexity index is 682. The molecule has 7 heteroatoms. The van der Waals surface area contributed by atoms with Gasteiger partial charge >= 0.3 is 0 Å². The van der Waals surface area contributed by atoms with E-state index in [1.165, 1.54) is 12.1 Å². The van der Waals surface area contributed by atoms with Crippen molar-refractivity contribution in [3.05, 3.63) is 46.4 Å². The molecule has 1 unspecified atom stereocenters. The molecule has 22 heavy (non-hydrogen) atoms. The van der Waals surface area contributed by atoms with Gasteiger partial charge in [-0.15, -0.1) is 0 Å². The van der Waals surface area contributed by atoms with Crippen LogP contribution in [0.3, 0.4) is 0 Å². The minimum Gasteiger partial charge on any atom is -0.318 e. The number of piperidine rings is 1. The van der Waals surface area contributed by atoms with Gasteiger partial charge in [0.15, 0.2) is 5.69 Å². The van der Waals surface area contributed by atoms with Crippen molar-refractivity contribution in [1.82, 2.24) is 15.1 Å². The van der Waals surface area contributed by atoms with Gasteiger partial charge in [-0.3, -0.25) is 9.48 Å². The van der Waals surface area contributed by atoms with E-state index >= 15 is 0 Å². The van der Waals surface area contributed by atoms with Crippen molar-refractivity contribution < 1.29 is 9.18 Å². The van der Waals surface area contributed by atoms with Gasteiger partial charge in [-0.05, 0) is 43.7 Å². The molecule has 1 amide bonds. The van der Waals surface area contributed by atoms with E-state index < -0.39 is 11.7 Å². The highest BCUT2D eigenvalue weighted by Crippen LogP contribution is 2.21.